The van der Waals surface area contributed by atoms with Crippen molar-refractivity contribution < 1.29 is 37.8 Å². The van der Waals surface area contributed by atoms with Gasteiger partial charge in [0.25, 0.3) is 5.91 Å². The van der Waals surface area contributed by atoms with Gasteiger partial charge in [0.05, 0.1) is 31.0 Å². The van der Waals surface area contributed by atoms with Gasteiger partial charge in [-0.15, -0.1) is 0 Å². The minimum atomic E-state index is -0.672. The number of amides is 1. The number of carbonyl (C=O) groups is 3. The maximum absolute atomic E-state index is 14.0. The van der Waals surface area contributed by atoms with Gasteiger partial charge < -0.3 is 23.9 Å². The number of hydrogen-bond acceptors (Lipinski definition) is 9. The van der Waals surface area contributed by atoms with Gasteiger partial charge in [-0.2, -0.15) is 5.10 Å². The Hall–Kier alpha value is -3.80. The van der Waals surface area contributed by atoms with E-state index in [1.165, 1.54) is 30.2 Å². The molecule has 0 bridgehead atoms. The summed E-state index contributed by atoms with van der Waals surface area (Å²) in [6, 6.07) is 5.53. The van der Waals surface area contributed by atoms with Crippen molar-refractivity contribution in [2.24, 2.45) is 5.16 Å². The van der Waals surface area contributed by atoms with Gasteiger partial charge in [0, 0.05) is 18.8 Å². The van der Waals surface area contributed by atoms with Crippen molar-refractivity contribution in [3.63, 3.8) is 0 Å². The summed E-state index contributed by atoms with van der Waals surface area (Å²) in [6.45, 7) is 3.47. The largest absolute Gasteiger partial charge is 0.491 e. The third-order valence-corrected chi connectivity index (χ3v) is 4.78. The van der Waals surface area contributed by atoms with Crippen LogP contribution in [0.1, 0.15) is 29.9 Å². The minimum absolute atomic E-state index is 0.0196. The van der Waals surface area contributed by atoms with Gasteiger partial charge in [-0.25, -0.2) is 9.18 Å². The predicted molar refractivity (Wildman–Crippen MR) is 116 cm³/mol. The van der Waals surface area contributed by atoms with Crippen molar-refractivity contribution in [1.29, 1.82) is 0 Å². The molecule has 34 heavy (non-hydrogen) atoms. The van der Waals surface area contributed by atoms with E-state index in [1.807, 2.05) is 0 Å². The molecule has 0 radical (unpaired) electrons. The average Bonchev–Trinajstić information content (AvgIpc) is 3.35. The molecule has 1 unspecified atom stereocenters. The number of ketones is 1. The molecule has 2 heterocycles. The highest BCUT2D eigenvalue weighted by molar-refractivity contribution is 6.44. The summed E-state index contributed by atoms with van der Waals surface area (Å²) in [5.74, 6) is -1.89. The lowest BCUT2D eigenvalue weighted by Crippen LogP contribution is -2.50. The molecule has 1 atom stereocenters. The van der Waals surface area contributed by atoms with E-state index >= 15 is 0 Å². The Bertz CT molecular complexity index is 1040. The highest BCUT2D eigenvalue weighted by Gasteiger charge is 2.29. The van der Waals surface area contributed by atoms with Crippen LogP contribution in [0.2, 0.25) is 0 Å². The van der Waals surface area contributed by atoms with E-state index in [-0.39, 0.29) is 49.2 Å². The topological polar surface area (TPSA) is 132 Å². The van der Waals surface area contributed by atoms with Crippen LogP contribution in [0, 0.1) is 5.82 Å². The summed E-state index contributed by atoms with van der Waals surface area (Å²) in [5.41, 5.74) is 0.230. The number of nitrogens with one attached hydrogen (secondary N) is 1. The van der Waals surface area contributed by atoms with Crippen LogP contribution in [-0.2, 0) is 23.9 Å². The Kier molecular flexibility index (Phi) is 8.68. The standard InChI is InChI=1S/C22H25FN4O7/c1-3-31-20(29)13-34-26-21(19-6-7-24-25-19)22(30)27-8-9-32-16(11-27)12-33-15-4-5-17(14(2)28)18(23)10-15/h4-7,10,16H,3,8-9,11-13H2,1-2H3,(H,24,25)/b26-21+. The SMILES string of the molecule is CCOC(=O)CO/N=C(/C(=O)N1CCOC(COc2ccc(C(C)=O)c(F)c2)C1)c1ccn[nH]1. The molecule has 1 aliphatic rings. The number of morpholine rings is 1. The van der Waals surface area contributed by atoms with Crippen LogP contribution in [0.3, 0.4) is 0 Å². The average molecular weight is 476 g/mol. The van der Waals surface area contributed by atoms with E-state index in [4.69, 9.17) is 19.0 Å². The Morgan fingerprint density at radius 1 is 1.32 bits per heavy atom. The Morgan fingerprint density at radius 3 is 2.82 bits per heavy atom. The van der Waals surface area contributed by atoms with E-state index in [9.17, 15) is 18.8 Å². The fraction of sp³-hybridized carbons (Fsp3) is 0.409. The second kappa shape index (κ2) is 11.9. The van der Waals surface area contributed by atoms with Crippen LogP contribution in [0.5, 0.6) is 5.75 Å². The molecule has 1 saturated heterocycles. The van der Waals surface area contributed by atoms with Gasteiger partial charge in [0.2, 0.25) is 6.61 Å². The summed E-state index contributed by atoms with van der Waals surface area (Å²) in [5, 5.41) is 10.3. The molecule has 182 valence electrons. The maximum Gasteiger partial charge on any atom is 0.347 e. The second-order valence-corrected chi connectivity index (χ2v) is 7.24. The number of aromatic nitrogens is 2. The first kappa shape index (κ1) is 24.8. The van der Waals surface area contributed by atoms with Crippen LogP contribution in [0.15, 0.2) is 35.6 Å². The quantitative estimate of drug-likeness (QED) is 0.235. The van der Waals surface area contributed by atoms with Crippen molar-refractivity contribution in [2.75, 3.05) is 39.5 Å². The van der Waals surface area contributed by atoms with E-state index in [0.29, 0.717) is 12.2 Å². The number of halogens is 1. The fourth-order valence-electron chi connectivity index (χ4n) is 3.16. The third-order valence-electron chi connectivity index (χ3n) is 4.78. The number of carbonyl (C=O) groups excluding carboxylic acids is 3. The Morgan fingerprint density at radius 2 is 2.15 bits per heavy atom. The molecule has 11 nitrogen and oxygen atoms in total. The number of Topliss-reactive ketones (excluding diaryl/α,β-unsaturated/α-hetero) is 1. The zero-order valence-corrected chi connectivity index (χ0v) is 18.8. The Balaban J connectivity index is 1.62. The van der Waals surface area contributed by atoms with E-state index in [1.54, 1.807) is 13.0 Å². The first-order valence-corrected chi connectivity index (χ1v) is 10.6. The van der Waals surface area contributed by atoms with E-state index in [0.717, 1.165) is 6.07 Å². The summed E-state index contributed by atoms with van der Waals surface area (Å²) in [7, 11) is 0. The number of ether oxygens (including phenoxy) is 3. The lowest BCUT2D eigenvalue weighted by Gasteiger charge is -2.32. The number of aromatic amines is 1. The van der Waals surface area contributed by atoms with Gasteiger partial charge in [0.15, 0.2) is 11.5 Å². The van der Waals surface area contributed by atoms with E-state index in [2.05, 4.69) is 15.4 Å². The number of nitrogens with zero attached hydrogens (tertiary/aromatic N) is 3. The molecule has 1 aromatic heterocycles. The lowest BCUT2D eigenvalue weighted by molar-refractivity contribution is -0.148. The summed E-state index contributed by atoms with van der Waals surface area (Å²) in [6.07, 6.45) is 0.965. The number of rotatable bonds is 10. The lowest BCUT2D eigenvalue weighted by atomic mass is 10.1. The Labute approximate surface area is 194 Å². The predicted octanol–water partition coefficient (Wildman–Crippen LogP) is 1.34. The third kappa shape index (κ3) is 6.61. The van der Waals surface area contributed by atoms with Crippen LogP contribution < -0.4 is 4.74 Å². The molecule has 1 fully saturated rings. The number of benzene rings is 1. The molecule has 0 aliphatic carbocycles. The number of H-pyrrole nitrogens is 1. The van der Waals surface area contributed by atoms with Crippen molar-refractivity contribution in [3.8, 4) is 5.75 Å². The zero-order valence-electron chi connectivity index (χ0n) is 18.8. The fourth-order valence-corrected chi connectivity index (χ4v) is 3.16. The number of esters is 1. The van der Waals surface area contributed by atoms with Crippen LogP contribution in [0.25, 0.3) is 0 Å². The van der Waals surface area contributed by atoms with Crippen molar-refractivity contribution in [3.05, 3.63) is 47.5 Å². The normalized spacial score (nSPS) is 16.1. The molecule has 3 rings (SSSR count). The number of oxime groups is 1. The van der Waals surface area contributed by atoms with E-state index < -0.39 is 30.4 Å². The highest BCUT2D eigenvalue weighted by atomic mass is 19.1. The van der Waals surface area contributed by atoms with Gasteiger partial charge in [-0.3, -0.25) is 14.7 Å². The minimum Gasteiger partial charge on any atom is -0.491 e. The second-order valence-electron chi connectivity index (χ2n) is 7.24. The molecule has 1 N–H and O–H groups in total. The molecular weight excluding hydrogens is 451 g/mol. The van der Waals surface area contributed by atoms with Crippen molar-refractivity contribution >= 4 is 23.4 Å². The molecule has 2 aromatic rings. The zero-order chi connectivity index (χ0) is 24.5. The van der Waals surface area contributed by atoms with Gasteiger partial charge in [0.1, 0.15) is 24.3 Å². The molecule has 1 amide bonds. The van der Waals surface area contributed by atoms with Crippen LogP contribution in [-0.4, -0.2) is 84.1 Å². The molecule has 0 spiro atoms. The van der Waals surface area contributed by atoms with Gasteiger partial charge in [-0.1, -0.05) is 5.16 Å². The van der Waals surface area contributed by atoms with Crippen molar-refractivity contribution in [2.45, 2.75) is 20.0 Å². The summed E-state index contributed by atoms with van der Waals surface area (Å²) in [4.78, 5) is 42.5. The first-order valence-electron chi connectivity index (χ1n) is 10.6. The molecule has 1 aliphatic heterocycles. The van der Waals surface area contributed by atoms with Gasteiger partial charge in [-0.05, 0) is 32.0 Å². The maximum atomic E-state index is 14.0. The molecule has 12 heteroatoms. The summed E-state index contributed by atoms with van der Waals surface area (Å²) >= 11 is 0. The van der Waals surface area contributed by atoms with Gasteiger partial charge >= 0.3 is 5.97 Å². The monoisotopic (exact) mass is 476 g/mol. The number of hydrogen-bond donors (Lipinski definition) is 1. The van der Waals surface area contributed by atoms with Crippen LogP contribution in [0.4, 0.5) is 4.39 Å². The highest BCUT2D eigenvalue weighted by Crippen LogP contribution is 2.18. The first-order chi connectivity index (χ1) is 16.4. The van der Waals surface area contributed by atoms with Crippen LogP contribution >= 0.6 is 0 Å². The summed E-state index contributed by atoms with van der Waals surface area (Å²) < 4.78 is 30.0. The smallest absolute Gasteiger partial charge is 0.347 e. The molecular formula is C22H25FN4O7. The molecule has 0 saturated carbocycles. The van der Waals surface area contributed by atoms with Crippen molar-refractivity contribution in [1.82, 2.24) is 15.1 Å². The molecule has 1 aromatic carbocycles.